The van der Waals surface area contributed by atoms with E-state index < -0.39 is 5.82 Å². The van der Waals surface area contributed by atoms with E-state index in [9.17, 15) is 9.90 Å². The summed E-state index contributed by atoms with van der Waals surface area (Å²) in [7, 11) is 5.51. The molecule has 9 rings (SSSR count). The summed E-state index contributed by atoms with van der Waals surface area (Å²) in [5.74, 6) is 1.05. The summed E-state index contributed by atoms with van der Waals surface area (Å²) in [6.45, 7) is 2.41. The number of ether oxygens (including phenoxy) is 1. The number of phenolic OH excluding ortho intramolecular Hbond substituents is 1. The van der Waals surface area contributed by atoms with Crippen molar-refractivity contribution in [2.24, 2.45) is 5.92 Å². The summed E-state index contributed by atoms with van der Waals surface area (Å²) in [6.07, 6.45) is 3.38. The van der Waals surface area contributed by atoms with Gasteiger partial charge in [0, 0.05) is 55.3 Å². The van der Waals surface area contributed by atoms with Gasteiger partial charge in [-0.25, -0.2) is 14.4 Å². The molecule has 1 saturated carbocycles. The molecule has 2 bridgehead atoms. The maximum absolute atomic E-state index is 16.9. The van der Waals surface area contributed by atoms with Crippen molar-refractivity contribution in [1.82, 2.24) is 29.7 Å². The second kappa shape index (κ2) is 10.1. The van der Waals surface area contributed by atoms with Gasteiger partial charge in [0.15, 0.2) is 11.6 Å². The molecule has 3 unspecified atom stereocenters. The molecule has 2 N–H and O–H groups in total. The van der Waals surface area contributed by atoms with Crippen molar-refractivity contribution < 1.29 is 19.0 Å². The van der Waals surface area contributed by atoms with Crippen LogP contribution in [0, 0.1) is 11.7 Å². The van der Waals surface area contributed by atoms with Crippen LogP contribution < -0.4 is 10.2 Å². The van der Waals surface area contributed by atoms with E-state index in [1.54, 1.807) is 18.3 Å². The molecule has 1 aliphatic carbocycles. The first-order valence-electron chi connectivity index (χ1n) is 15.1. The van der Waals surface area contributed by atoms with Gasteiger partial charge in [0.25, 0.3) is 0 Å². The molecule has 4 aliphatic rings. The number of fused-ring (bicyclic) bond motifs is 5. The lowest BCUT2D eigenvalue weighted by Gasteiger charge is -2.43. The van der Waals surface area contributed by atoms with Gasteiger partial charge >= 0.3 is 5.97 Å². The van der Waals surface area contributed by atoms with Crippen molar-refractivity contribution in [2.75, 3.05) is 45.7 Å². The van der Waals surface area contributed by atoms with Crippen LogP contribution in [0.2, 0.25) is 0 Å². The van der Waals surface area contributed by atoms with Crippen molar-refractivity contribution >= 4 is 44.5 Å². The number of aryl methyl sites for hydroxylation is 1. The molecule has 2 aromatic carbocycles. The SMILES string of the molecule is COC(=O)CCc1nc2c(N3CC(N(C)C)C3)nc3c(F)c(-c4cc(O)cc5ccccc45)ncc3c2n1C1C2CNC1C2. The fraction of sp³-hybridized carbons (Fsp3) is 0.394. The summed E-state index contributed by atoms with van der Waals surface area (Å²) in [6, 6.07) is 11.6. The molecular weight excluding hydrogens is 561 g/mol. The number of carbonyl (C=O) groups excluding carboxylic acids is 1. The summed E-state index contributed by atoms with van der Waals surface area (Å²) < 4.78 is 24.1. The largest absolute Gasteiger partial charge is 0.508 e. The van der Waals surface area contributed by atoms with Gasteiger partial charge in [0.05, 0.1) is 25.1 Å². The maximum atomic E-state index is 16.9. The number of phenols is 1. The molecule has 3 atom stereocenters. The number of nitrogens with zero attached hydrogens (tertiary/aromatic N) is 6. The first-order chi connectivity index (χ1) is 21.3. The molecule has 4 fully saturated rings. The Labute approximate surface area is 253 Å². The first kappa shape index (κ1) is 27.2. The molecule has 11 heteroatoms. The molecule has 0 spiro atoms. The molecule has 226 valence electrons. The number of anilines is 1. The summed E-state index contributed by atoms with van der Waals surface area (Å²) in [5.41, 5.74) is 2.38. The monoisotopic (exact) mass is 595 g/mol. The molecule has 5 aromatic rings. The van der Waals surface area contributed by atoms with E-state index in [0.29, 0.717) is 46.7 Å². The minimum atomic E-state index is -0.537. The second-order valence-electron chi connectivity index (χ2n) is 12.5. The molecule has 3 saturated heterocycles. The van der Waals surface area contributed by atoms with Crippen LogP contribution in [0.15, 0.2) is 42.6 Å². The Morgan fingerprint density at radius 1 is 1.16 bits per heavy atom. The first-order valence-corrected chi connectivity index (χ1v) is 15.1. The van der Waals surface area contributed by atoms with Gasteiger partial charge in [0.1, 0.15) is 28.3 Å². The van der Waals surface area contributed by atoms with E-state index in [1.165, 1.54) is 7.11 Å². The van der Waals surface area contributed by atoms with Crippen molar-refractivity contribution in [3.8, 4) is 17.0 Å². The number of hydrogen-bond donors (Lipinski definition) is 2. The molecule has 3 aliphatic heterocycles. The Morgan fingerprint density at radius 2 is 1.98 bits per heavy atom. The van der Waals surface area contributed by atoms with Gasteiger partial charge in [-0.1, -0.05) is 24.3 Å². The highest BCUT2D eigenvalue weighted by molar-refractivity contribution is 6.09. The topological polar surface area (TPSA) is 109 Å². The number of halogens is 1. The van der Waals surface area contributed by atoms with Crippen LogP contribution in [0.4, 0.5) is 10.2 Å². The van der Waals surface area contributed by atoms with Gasteiger partial charge in [-0.2, -0.15) is 0 Å². The van der Waals surface area contributed by atoms with E-state index in [4.69, 9.17) is 14.7 Å². The fourth-order valence-corrected chi connectivity index (χ4v) is 7.32. The predicted octanol–water partition coefficient (Wildman–Crippen LogP) is 4.03. The molecule has 0 amide bonds. The lowest BCUT2D eigenvalue weighted by atomic mass is 9.79. The predicted molar refractivity (Wildman–Crippen MR) is 166 cm³/mol. The number of rotatable bonds is 7. The number of likely N-dealkylation sites (N-methyl/N-ethyl adjacent to an activating group) is 1. The number of benzene rings is 2. The third-order valence-corrected chi connectivity index (χ3v) is 9.83. The Morgan fingerprint density at radius 3 is 2.70 bits per heavy atom. The Balaban J connectivity index is 1.38. The Hall–Kier alpha value is -4.35. The molecule has 0 radical (unpaired) electrons. The maximum Gasteiger partial charge on any atom is 0.305 e. The normalized spacial score (nSPS) is 21.4. The molecular formula is C33H34FN7O3. The highest BCUT2D eigenvalue weighted by Crippen LogP contribution is 2.48. The third kappa shape index (κ3) is 4.06. The van der Waals surface area contributed by atoms with Crippen molar-refractivity contribution in [3.05, 3.63) is 54.2 Å². The number of nitrogens with one attached hydrogen (secondary N) is 1. The number of aromatic nitrogens is 4. The lowest BCUT2D eigenvalue weighted by molar-refractivity contribution is -0.140. The van der Waals surface area contributed by atoms with Crippen LogP contribution in [-0.4, -0.2) is 88.4 Å². The standard InChI is InChI=1S/C33H34FN7O3/c1-39(2)19-15-40(16-19)33-30-32(41(31-18-11-24(31)35-13-18)25(37-30)8-9-26(43)44-3)23-14-36-28(27(34)29(23)38-33)22-12-20(42)10-17-6-4-5-7-21(17)22/h4-7,10,12,14,18-19,24,31,35,42H,8-9,11,13,15-16H2,1-3H3. The van der Waals surface area contributed by atoms with Crippen LogP contribution in [0.3, 0.4) is 0 Å². The van der Waals surface area contributed by atoms with Crippen LogP contribution in [0.25, 0.3) is 44.0 Å². The molecule has 10 nitrogen and oxygen atoms in total. The van der Waals surface area contributed by atoms with E-state index >= 15 is 4.39 Å². The second-order valence-corrected chi connectivity index (χ2v) is 12.5. The van der Waals surface area contributed by atoms with E-state index in [2.05, 4.69) is 38.8 Å². The highest BCUT2D eigenvalue weighted by Gasteiger charge is 2.49. The number of pyridine rings is 2. The smallest absolute Gasteiger partial charge is 0.305 e. The molecule has 3 aromatic heterocycles. The molecule has 6 heterocycles. The van der Waals surface area contributed by atoms with Crippen LogP contribution in [-0.2, 0) is 16.0 Å². The number of esters is 1. The zero-order chi connectivity index (χ0) is 30.3. The number of methoxy groups -OCH3 is 1. The van der Waals surface area contributed by atoms with Crippen molar-refractivity contribution in [1.29, 1.82) is 0 Å². The van der Waals surface area contributed by atoms with E-state index in [1.807, 2.05) is 24.3 Å². The minimum Gasteiger partial charge on any atom is -0.508 e. The van der Waals surface area contributed by atoms with Crippen LogP contribution in [0.1, 0.15) is 24.7 Å². The fourth-order valence-electron chi connectivity index (χ4n) is 7.32. The van der Waals surface area contributed by atoms with Crippen molar-refractivity contribution in [2.45, 2.75) is 37.4 Å². The number of carbonyl (C=O) groups is 1. The summed E-state index contributed by atoms with van der Waals surface area (Å²) >= 11 is 0. The van der Waals surface area contributed by atoms with Gasteiger partial charge < -0.3 is 29.5 Å². The third-order valence-electron chi connectivity index (χ3n) is 9.83. The molecule has 44 heavy (non-hydrogen) atoms. The average Bonchev–Trinajstić information content (AvgIpc) is 3.71. The lowest BCUT2D eigenvalue weighted by Crippen LogP contribution is -2.57. The van der Waals surface area contributed by atoms with Gasteiger partial charge in [-0.15, -0.1) is 0 Å². The quantitative estimate of drug-likeness (QED) is 0.270. The zero-order valence-electron chi connectivity index (χ0n) is 24.9. The highest BCUT2D eigenvalue weighted by atomic mass is 19.1. The van der Waals surface area contributed by atoms with E-state index in [0.717, 1.165) is 48.2 Å². The Kier molecular flexibility index (Phi) is 6.25. The van der Waals surface area contributed by atoms with Gasteiger partial charge in [0.2, 0.25) is 0 Å². The number of hydrogen-bond acceptors (Lipinski definition) is 9. The number of aromatic hydroxyl groups is 1. The van der Waals surface area contributed by atoms with Gasteiger partial charge in [-0.05, 0) is 49.3 Å². The Bertz CT molecular complexity index is 1950. The summed E-state index contributed by atoms with van der Waals surface area (Å²) in [4.78, 5) is 31.3. The van der Waals surface area contributed by atoms with E-state index in [-0.39, 0.29) is 35.4 Å². The van der Waals surface area contributed by atoms with Crippen LogP contribution in [0.5, 0.6) is 5.75 Å². The zero-order valence-corrected chi connectivity index (χ0v) is 24.9. The average molecular weight is 596 g/mol. The van der Waals surface area contributed by atoms with Crippen molar-refractivity contribution in [3.63, 3.8) is 0 Å². The summed E-state index contributed by atoms with van der Waals surface area (Å²) in [5, 5.41) is 16.3. The number of imidazole rings is 1. The van der Waals surface area contributed by atoms with Crippen LogP contribution >= 0.6 is 0 Å². The van der Waals surface area contributed by atoms with Gasteiger partial charge in [-0.3, -0.25) is 9.78 Å². The minimum absolute atomic E-state index is 0.0423.